The van der Waals surface area contributed by atoms with Gasteiger partial charge in [-0.25, -0.2) is 0 Å². The Morgan fingerprint density at radius 1 is 1.32 bits per heavy atom. The molecule has 1 aliphatic rings. The molecule has 1 fully saturated rings. The van der Waals surface area contributed by atoms with E-state index in [9.17, 15) is 10.2 Å². The van der Waals surface area contributed by atoms with Gasteiger partial charge in [-0.2, -0.15) is 0 Å². The Bertz CT molecular complexity index is 539. The molecule has 1 aromatic carbocycles. The molecular formula is C19H31N3O3. The van der Waals surface area contributed by atoms with Crippen LogP contribution in [0.25, 0.3) is 0 Å². The van der Waals surface area contributed by atoms with Crippen LogP contribution in [0.1, 0.15) is 37.0 Å². The fourth-order valence-corrected chi connectivity index (χ4v) is 2.98. The van der Waals surface area contributed by atoms with Gasteiger partial charge < -0.3 is 25.6 Å². The standard InChI is InChI=1S/C19H31N3O3/c1-3-20-18(22-13-19(8-10-23)9-11-25-14-19)21-12-17(24)16-6-4-15(2)5-7-16/h4-7,17,23-24H,3,8-14H2,1-2H3,(H2,20,21,22). The van der Waals surface area contributed by atoms with Crippen LogP contribution in [0.5, 0.6) is 0 Å². The Hall–Kier alpha value is -1.63. The van der Waals surface area contributed by atoms with Crippen LogP contribution in [-0.4, -0.2) is 55.6 Å². The van der Waals surface area contributed by atoms with E-state index in [2.05, 4.69) is 15.6 Å². The molecule has 0 aliphatic carbocycles. The first-order valence-corrected chi connectivity index (χ1v) is 9.04. The first-order chi connectivity index (χ1) is 12.1. The molecule has 0 saturated carbocycles. The number of hydrogen-bond acceptors (Lipinski definition) is 4. The maximum Gasteiger partial charge on any atom is 0.191 e. The second-order valence-corrected chi connectivity index (χ2v) is 6.78. The quantitative estimate of drug-likeness (QED) is 0.421. The molecule has 2 atom stereocenters. The number of nitrogens with one attached hydrogen (secondary N) is 2. The molecule has 0 aromatic heterocycles. The molecule has 0 amide bonds. The normalized spacial score (nSPS) is 22.0. The molecule has 2 rings (SSSR count). The van der Waals surface area contributed by atoms with Gasteiger partial charge >= 0.3 is 0 Å². The van der Waals surface area contributed by atoms with Gasteiger partial charge in [0.05, 0.1) is 19.3 Å². The summed E-state index contributed by atoms with van der Waals surface area (Å²) in [4.78, 5) is 4.66. The largest absolute Gasteiger partial charge is 0.396 e. The fraction of sp³-hybridized carbons (Fsp3) is 0.632. The van der Waals surface area contributed by atoms with Gasteiger partial charge in [-0.3, -0.25) is 4.99 Å². The van der Waals surface area contributed by atoms with E-state index in [0.29, 0.717) is 32.1 Å². The van der Waals surface area contributed by atoms with E-state index in [4.69, 9.17) is 4.74 Å². The van der Waals surface area contributed by atoms with Crippen molar-refractivity contribution in [2.24, 2.45) is 10.4 Å². The number of hydrogen-bond donors (Lipinski definition) is 4. The molecule has 6 heteroatoms. The average molecular weight is 349 g/mol. The van der Waals surface area contributed by atoms with Crippen molar-refractivity contribution in [3.63, 3.8) is 0 Å². The highest BCUT2D eigenvalue weighted by Gasteiger charge is 2.34. The third-order valence-corrected chi connectivity index (χ3v) is 4.67. The Morgan fingerprint density at radius 3 is 2.68 bits per heavy atom. The van der Waals surface area contributed by atoms with Crippen molar-refractivity contribution in [3.05, 3.63) is 35.4 Å². The summed E-state index contributed by atoms with van der Waals surface area (Å²) in [6.45, 7) is 7.29. The number of nitrogens with zero attached hydrogens (tertiary/aromatic N) is 1. The highest BCUT2D eigenvalue weighted by molar-refractivity contribution is 5.79. The third-order valence-electron chi connectivity index (χ3n) is 4.67. The first kappa shape index (κ1) is 19.7. The van der Waals surface area contributed by atoms with Crippen molar-refractivity contribution < 1.29 is 14.9 Å². The van der Waals surface area contributed by atoms with Gasteiger partial charge in [-0.15, -0.1) is 0 Å². The lowest BCUT2D eigenvalue weighted by Gasteiger charge is -2.25. The van der Waals surface area contributed by atoms with Crippen LogP contribution in [0.4, 0.5) is 0 Å². The topological polar surface area (TPSA) is 86.1 Å². The van der Waals surface area contributed by atoms with Gasteiger partial charge in [0.2, 0.25) is 0 Å². The molecular weight excluding hydrogens is 318 g/mol. The van der Waals surface area contributed by atoms with Gasteiger partial charge in [0.25, 0.3) is 0 Å². The zero-order valence-electron chi connectivity index (χ0n) is 15.3. The Balaban J connectivity index is 1.93. The molecule has 140 valence electrons. The molecule has 4 N–H and O–H groups in total. The third kappa shape index (κ3) is 5.99. The molecule has 25 heavy (non-hydrogen) atoms. The van der Waals surface area contributed by atoms with E-state index < -0.39 is 6.10 Å². The van der Waals surface area contributed by atoms with Crippen LogP contribution >= 0.6 is 0 Å². The lowest BCUT2D eigenvalue weighted by molar-refractivity contribution is 0.131. The van der Waals surface area contributed by atoms with Crippen molar-refractivity contribution in [2.75, 3.05) is 39.5 Å². The Labute approximate surface area is 150 Å². The summed E-state index contributed by atoms with van der Waals surface area (Å²) in [6, 6.07) is 7.88. The van der Waals surface area contributed by atoms with Gasteiger partial charge in [0, 0.05) is 31.7 Å². The molecule has 0 spiro atoms. The fourth-order valence-electron chi connectivity index (χ4n) is 2.98. The summed E-state index contributed by atoms with van der Waals surface area (Å²) in [5.41, 5.74) is 1.98. The Kier molecular flexibility index (Phi) is 7.68. The number of benzene rings is 1. The predicted molar refractivity (Wildman–Crippen MR) is 99.7 cm³/mol. The van der Waals surface area contributed by atoms with E-state index in [1.807, 2.05) is 38.1 Å². The molecule has 1 aromatic rings. The zero-order chi connectivity index (χ0) is 18.1. The molecule has 1 aliphatic heterocycles. The van der Waals surface area contributed by atoms with E-state index in [-0.39, 0.29) is 12.0 Å². The summed E-state index contributed by atoms with van der Waals surface area (Å²) in [6.07, 6.45) is 1.02. The van der Waals surface area contributed by atoms with Gasteiger partial charge in [0.1, 0.15) is 0 Å². The molecule has 1 heterocycles. The van der Waals surface area contributed by atoms with E-state index in [0.717, 1.165) is 25.1 Å². The highest BCUT2D eigenvalue weighted by Crippen LogP contribution is 2.32. The summed E-state index contributed by atoms with van der Waals surface area (Å²) >= 11 is 0. The number of guanidine groups is 1. The molecule has 1 saturated heterocycles. The van der Waals surface area contributed by atoms with Crippen LogP contribution in [0.15, 0.2) is 29.3 Å². The van der Waals surface area contributed by atoms with E-state index >= 15 is 0 Å². The predicted octanol–water partition coefficient (Wildman–Crippen LogP) is 1.37. The van der Waals surface area contributed by atoms with E-state index in [1.54, 1.807) is 0 Å². The number of aliphatic hydroxyl groups excluding tert-OH is 2. The zero-order valence-corrected chi connectivity index (χ0v) is 15.3. The summed E-state index contributed by atoms with van der Waals surface area (Å²) in [5, 5.41) is 26.1. The summed E-state index contributed by atoms with van der Waals surface area (Å²) in [7, 11) is 0. The number of ether oxygens (including phenoxy) is 1. The first-order valence-electron chi connectivity index (χ1n) is 9.04. The lowest BCUT2D eigenvalue weighted by Crippen LogP contribution is -2.40. The highest BCUT2D eigenvalue weighted by atomic mass is 16.5. The number of rotatable bonds is 8. The molecule has 0 bridgehead atoms. The molecule has 2 unspecified atom stereocenters. The van der Waals surface area contributed by atoms with Gasteiger partial charge in [0.15, 0.2) is 5.96 Å². The number of aliphatic hydroxyl groups is 2. The average Bonchev–Trinajstić information content (AvgIpc) is 3.07. The van der Waals surface area contributed by atoms with Gasteiger partial charge in [-0.1, -0.05) is 29.8 Å². The second-order valence-electron chi connectivity index (χ2n) is 6.78. The monoisotopic (exact) mass is 349 g/mol. The summed E-state index contributed by atoms with van der Waals surface area (Å²) < 4.78 is 5.51. The maximum atomic E-state index is 10.3. The lowest BCUT2D eigenvalue weighted by atomic mass is 9.84. The molecule has 0 radical (unpaired) electrons. The minimum absolute atomic E-state index is 0.0767. The maximum absolute atomic E-state index is 10.3. The smallest absolute Gasteiger partial charge is 0.191 e. The molecule has 6 nitrogen and oxygen atoms in total. The van der Waals surface area contributed by atoms with Crippen LogP contribution in [0.2, 0.25) is 0 Å². The number of aryl methyl sites for hydroxylation is 1. The minimum Gasteiger partial charge on any atom is -0.396 e. The van der Waals surface area contributed by atoms with Crippen molar-refractivity contribution in [3.8, 4) is 0 Å². The van der Waals surface area contributed by atoms with Crippen LogP contribution in [0, 0.1) is 12.3 Å². The number of aliphatic imine (C=N–C) groups is 1. The second kappa shape index (κ2) is 9.75. The van der Waals surface area contributed by atoms with Crippen LogP contribution in [0.3, 0.4) is 0 Å². The van der Waals surface area contributed by atoms with Crippen molar-refractivity contribution >= 4 is 5.96 Å². The van der Waals surface area contributed by atoms with Crippen molar-refractivity contribution in [2.45, 2.75) is 32.8 Å². The summed E-state index contributed by atoms with van der Waals surface area (Å²) in [5.74, 6) is 0.679. The van der Waals surface area contributed by atoms with Crippen molar-refractivity contribution in [1.29, 1.82) is 0 Å². The Morgan fingerprint density at radius 2 is 2.08 bits per heavy atom. The minimum atomic E-state index is -0.592. The van der Waals surface area contributed by atoms with Crippen LogP contribution in [-0.2, 0) is 4.74 Å². The van der Waals surface area contributed by atoms with Crippen molar-refractivity contribution in [1.82, 2.24) is 10.6 Å². The van der Waals surface area contributed by atoms with Crippen LogP contribution < -0.4 is 10.6 Å². The van der Waals surface area contributed by atoms with Gasteiger partial charge in [-0.05, 0) is 32.3 Å². The SMILES string of the molecule is CCNC(=NCC1(CCO)CCOC1)NCC(O)c1ccc(C)cc1. The van der Waals surface area contributed by atoms with E-state index in [1.165, 1.54) is 5.56 Å².